The molecule has 29 heavy (non-hydrogen) atoms. The number of amides is 3. The van der Waals surface area contributed by atoms with Crippen molar-refractivity contribution in [3.8, 4) is 0 Å². The molecule has 3 aromatic carbocycles. The Morgan fingerprint density at radius 3 is 2.72 bits per heavy atom. The summed E-state index contributed by atoms with van der Waals surface area (Å²) in [6, 6.07) is 19.7. The molecule has 3 aromatic rings. The molecule has 0 bridgehead atoms. The standard InChI is InChI=1S/C23H23N3O3/c1-29-23(28)26-12-11-16-9-10-20(13-19(16)15-26)25-22(27)24-14-18-7-4-6-17-5-2-3-8-21(17)18/h2-10,13H,11-12,14-15H2,1H3,(H2,24,25,27). The van der Waals surface area contributed by atoms with Crippen molar-refractivity contribution in [2.45, 2.75) is 19.5 Å². The highest BCUT2D eigenvalue weighted by molar-refractivity contribution is 5.90. The number of carbonyl (C=O) groups is 2. The van der Waals surface area contributed by atoms with Crippen LogP contribution < -0.4 is 10.6 Å². The predicted octanol–water partition coefficient (Wildman–Crippen LogP) is 4.29. The number of nitrogens with zero attached hydrogens (tertiary/aromatic N) is 1. The van der Waals surface area contributed by atoms with E-state index in [1.54, 1.807) is 4.90 Å². The van der Waals surface area contributed by atoms with Crippen molar-refractivity contribution in [3.05, 3.63) is 77.4 Å². The first-order chi connectivity index (χ1) is 14.1. The highest BCUT2D eigenvalue weighted by atomic mass is 16.5. The number of nitrogens with one attached hydrogen (secondary N) is 2. The Bertz CT molecular complexity index is 1060. The molecule has 0 fully saturated rings. The summed E-state index contributed by atoms with van der Waals surface area (Å²) in [7, 11) is 1.39. The number of ether oxygens (including phenoxy) is 1. The Kier molecular flexibility index (Phi) is 5.33. The van der Waals surface area contributed by atoms with Gasteiger partial charge in [0.05, 0.1) is 7.11 Å². The zero-order valence-corrected chi connectivity index (χ0v) is 16.3. The minimum absolute atomic E-state index is 0.265. The highest BCUT2D eigenvalue weighted by Crippen LogP contribution is 2.23. The molecule has 0 radical (unpaired) electrons. The Labute approximate surface area is 169 Å². The number of anilines is 1. The number of fused-ring (bicyclic) bond motifs is 2. The van der Waals surface area contributed by atoms with Gasteiger partial charge in [0.1, 0.15) is 0 Å². The second-order valence-corrected chi connectivity index (χ2v) is 7.07. The number of benzene rings is 3. The molecule has 0 spiro atoms. The molecule has 0 saturated heterocycles. The highest BCUT2D eigenvalue weighted by Gasteiger charge is 2.21. The Hall–Kier alpha value is -3.54. The molecule has 0 aromatic heterocycles. The Morgan fingerprint density at radius 2 is 1.86 bits per heavy atom. The van der Waals surface area contributed by atoms with Crippen LogP contribution in [0.4, 0.5) is 15.3 Å². The molecule has 3 amide bonds. The SMILES string of the molecule is COC(=O)N1CCc2ccc(NC(=O)NCc3cccc4ccccc34)cc2C1. The fraction of sp³-hybridized carbons (Fsp3) is 0.217. The van der Waals surface area contributed by atoms with Crippen molar-refractivity contribution in [2.75, 3.05) is 19.0 Å². The number of hydrogen-bond acceptors (Lipinski definition) is 3. The van der Waals surface area contributed by atoms with E-state index in [9.17, 15) is 9.59 Å². The molecule has 1 aliphatic rings. The lowest BCUT2D eigenvalue weighted by atomic mass is 9.99. The molecule has 0 saturated carbocycles. The van der Waals surface area contributed by atoms with Crippen molar-refractivity contribution in [1.82, 2.24) is 10.2 Å². The maximum atomic E-state index is 12.4. The van der Waals surface area contributed by atoms with Crippen LogP contribution in [0.2, 0.25) is 0 Å². The second kappa shape index (κ2) is 8.22. The van der Waals surface area contributed by atoms with Gasteiger partial charge in [0, 0.05) is 25.3 Å². The monoisotopic (exact) mass is 389 g/mol. The first-order valence-electron chi connectivity index (χ1n) is 9.60. The smallest absolute Gasteiger partial charge is 0.409 e. The topological polar surface area (TPSA) is 70.7 Å². The summed E-state index contributed by atoms with van der Waals surface area (Å²) in [6.07, 6.45) is 0.444. The van der Waals surface area contributed by atoms with Crippen LogP contribution >= 0.6 is 0 Å². The van der Waals surface area contributed by atoms with Gasteiger partial charge in [-0.3, -0.25) is 0 Å². The van der Waals surface area contributed by atoms with E-state index in [2.05, 4.69) is 28.8 Å². The summed E-state index contributed by atoms with van der Waals surface area (Å²) >= 11 is 0. The first kappa shape index (κ1) is 18.8. The summed E-state index contributed by atoms with van der Waals surface area (Å²) in [5, 5.41) is 8.09. The molecule has 4 rings (SSSR count). The van der Waals surface area contributed by atoms with Gasteiger partial charge in [0.25, 0.3) is 0 Å². The van der Waals surface area contributed by atoms with Gasteiger partial charge in [0.15, 0.2) is 0 Å². The molecule has 1 heterocycles. The largest absolute Gasteiger partial charge is 0.453 e. The number of carbonyl (C=O) groups excluding carboxylic acids is 2. The van der Waals surface area contributed by atoms with Crippen LogP contribution in [-0.2, 0) is 24.2 Å². The Morgan fingerprint density at radius 1 is 1.03 bits per heavy atom. The summed E-state index contributed by atoms with van der Waals surface area (Å²) in [4.78, 5) is 25.8. The van der Waals surface area contributed by atoms with E-state index >= 15 is 0 Å². The van der Waals surface area contributed by atoms with Crippen molar-refractivity contribution in [2.24, 2.45) is 0 Å². The van der Waals surface area contributed by atoms with Gasteiger partial charge >= 0.3 is 12.1 Å². The van der Waals surface area contributed by atoms with Crippen molar-refractivity contribution >= 4 is 28.6 Å². The number of hydrogen-bond donors (Lipinski definition) is 2. The fourth-order valence-electron chi connectivity index (χ4n) is 3.72. The predicted molar refractivity (Wildman–Crippen MR) is 113 cm³/mol. The van der Waals surface area contributed by atoms with Crippen molar-refractivity contribution in [3.63, 3.8) is 0 Å². The summed E-state index contributed by atoms with van der Waals surface area (Å²) in [6.45, 7) is 1.56. The Balaban J connectivity index is 1.41. The third kappa shape index (κ3) is 4.16. The van der Waals surface area contributed by atoms with E-state index in [0.29, 0.717) is 25.3 Å². The van der Waals surface area contributed by atoms with Crippen LogP contribution in [0.15, 0.2) is 60.7 Å². The van der Waals surface area contributed by atoms with Gasteiger partial charge in [-0.25, -0.2) is 9.59 Å². The normalized spacial score (nSPS) is 12.9. The minimum atomic E-state index is -0.332. The van der Waals surface area contributed by atoms with Gasteiger partial charge in [-0.05, 0) is 46.0 Å². The van der Waals surface area contributed by atoms with E-state index in [1.807, 2.05) is 42.5 Å². The molecule has 1 aliphatic heterocycles. The van der Waals surface area contributed by atoms with Crippen LogP contribution in [0.1, 0.15) is 16.7 Å². The fourth-order valence-corrected chi connectivity index (χ4v) is 3.72. The van der Waals surface area contributed by atoms with Crippen LogP contribution in [0, 0.1) is 0 Å². The van der Waals surface area contributed by atoms with Gasteiger partial charge < -0.3 is 20.3 Å². The maximum absolute atomic E-state index is 12.4. The average molecular weight is 389 g/mol. The van der Waals surface area contributed by atoms with Crippen molar-refractivity contribution < 1.29 is 14.3 Å². The molecule has 0 atom stereocenters. The summed E-state index contributed by atoms with van der Waals surface area (Å²) in [5.41, 5.74) is 3.98. The number of methoxy groups -OCH3 is 1. The van der Waals surface area contributed by atoms with Gasteiger partial charge in [-0.2, -0.15) is 0 Å². The lowest BCUT2D eigenvalue weighted by Crippen LogP contribution is -2.36. The lowest BCUT2D eigenvalue weighted by Gasteiger charge is -2.28. The number of rotatable bonds is 3. The van der Waals surface area contributed by atoms with Crippen molar-refractivity contribution in [1.29, 1.82) is 0 Å². The molecule has 0 unspecified atom stereocenters. The molecular formula is C23H23N3O3. The molecule has 2 N–H and O–H groups in total. The zero-order chi connectivity index (χ0) is 20.2. The van der Waals surface area contributed by atoms with Gasteiger partial charge in [-0.15, -0.1) is 0 Å². The van der Waals surface area contributed by atoms with E-state index in [0.717, 1.165) is 28.3 Å². The van der Waals surface area contributed by atoms with Crippen LogP contribution in [-0.4, -0.2) is 30.7 Å². The van der Waals surface area contributed by atoms with E-state index in [-0.39, 0.29) is 12.1 Å². The lowest BCUT2D eigenvalue weighted by molar-refractivity contribution is 0.118. The maximum Gasteiger partial charge on any atom is 0.409 e. The molecule has 0 aliphatic carbocycles. The second-order valence-electron chi connectivity index (χ2n) is 7.07. The summed E-state index contributed by atoms with van der Waals surface area (Å²) < 4.78 is 4.81. The molecule has 6 nitrogen and oxygen atoms in total. The van der Waals surface area contributed by atoms with Crippen LogP contribution in [0.25, 0.3) is 10.8 Å². The van der Waals surface area contributed by atoms with Crippen LogP contribution in [0.5, 0.6) is 0 Å². The van der Waals surface area contributed by atoms with E-state index in [1.165, 1.54) is 12.7 Å². The van der Waals surface area contributed by atoms with Crippen LogP contribution in [0.3, 0.4) is 0 Å². The third-order valence-corrected chi connectivity index (χ3v) is 5.23. The average Bonchev–Trinajstić information content (AvgIpc) is 2.76. The quantitative estimate of drug-likeness (QED) is 0.702. The summed E-state index contributed by atoms with van der Waals surface area (Å²) in [5.74, 6) is 0. The first-order valence-corrected chi connectivity index (χ1v) is 9.60. The molecule has 6 heteroatoms. The zero-order valence-electron chi connectivity index (χ0n) is 16.3. The molecular weight excluding hydrogens is 366 g/mol. The van der Waals surface area contributed by atoms with E-state index in [4.69, 9.17) is 4.74 Å². The van der Waals surface area contributed by atoms with E-state index < -0.39 is 0 Å². The number of urea groups is 1. The van der Waals surface area contributed by atoms with Gasteiger partial charge in [0.2, 0.25) is 0 Å². The van der Waals surface area contributed by atoms with Gasteiger partial charge in [-0.1, -0.05) is 48.5 Å². The minimum Gasteiger partial charge on any atom is -0.453 e. The third-order valence-electron chi connectivity index (χ3n) is 5.23. The molecule has 148 valence electrons.